The number of aromatic carboxylic acids is 1. The predicted molar refractivity (Wildman–Crippen MR) is 83.6 cm³/mol. The first-order valence-corrected chi connectivity index (χ1v) is 7.03. The summed E-state index contributed by atoms with van der Waals surface area (Å²) in [5.74, 6) is -0.124. The zero-order valence-electron chi connectivity index (χ0n) is 12.8. The van der Waals surface area contributed by atoms with Gasteiger partial charge in [-0.1, -0.05) is 6.07 Å². The summed E-state index contributed by atoms with van der Waals surface area (Å²) < 4.78 is 16.1. The number of nitro groups is 1. The lowest BCUT2D eigenvalue weighted by Crippen LogP contribution is -1.99. The average Bonchev–Trinajstić information content (AvgIpc) is 3.01. The van der Waals surface area contributed by atoms with Crippen LogP contribution in [0.2, 0.25) is 0 Å². The molecule has 0 unspecified atom stereocenters. The second-order valence-corrected chi connectivity index (χ2v) is 4.60. The van der Waals surface area contributed by atoms with Gasteiger partial charge in [0, 0.05) is 6.08 Å². The van der Waals surface area contributed by atoms with Gasteiger partial charge in [0.05, 0.1) is 11.5 Å². The number of nitrogens with zero attached hydrogens (tertiary/aromatic N) is 1. The molecule has 8 heteroatoms. The van der Waals surface area contributed by atoms with E-state index < -0.39 is 10.9 Å². The minimum Gasteiger partial charge on any atom is -0.490 e. The highest BCUT2D eigenvalue weighted by molar-refractivity contribution is 5.84. The number of rotatable bonds is 8. The fourth-order valence-electron chi connectivity index (χ4n) is 1.88. The van der Waals surface area contributed by atoms with Crippen LogP contribution in [0.15, 0.2) is 40.9 Å². The third kappa shape index (κ3) is 4.60. The Morgan fingerprint density at radius 3 is 2.71 bits per heavy atom. The Bertz CT molecular complexity index is 764. The van der Waals surface area contributed by atoms with E-state index in [1.807, 2.05) is 0 Å². The van der Waals surface area contributed by atoms with E-state index in [9.17, 15) is 14.9 Å². The maximum absolute atomic E-state index is 10.8. The summed E-state index contributed by atoms with van der Waals surface area (Å²) in [6.45, 7) is 2.22. The van der Waals surface area contributed by atoms with Gasteiger partial charge in [0.1, 0.15) is 12.4 Å². The lowest BCUT2D eigenvalue weighted by molar-refractivity contribution is -0.400. The van der Waals surface area contributed by atoms with E-state index in [4.69, 9.17) is 19.0 Å². The average molecular weight is 333 g/mol. The smallest absolute Gasteiger partial charge is 0.371 e. The van der Waals surface area contributed by atoms with Crippen LogP contribution < -0.4 is 9.47 Å². The van der Waals surface area contributed by atoms with Gasteiger partial charge >= 0.3 is 5.97 Å². The summed E-state index contributed by atoms with van der Waals surface area (Å²) in [5.41, 5.74) is 0.591. The second kappa shape index (κ2) is 7.82. The SMILES string of the molecule is CCOc1cc(/C=C/[N+](=O)[O-])ccc1OCc1ccc(C(=O)O)o1. The lowest BCUT2D eigenvalue weighted by Gasteiger charge is -2.11. The third-order valence-corrected chi connectivity index (χ3v) is 2.90. The maximum Gasteiger partial charge on any atom is 0.371 e. The van der Waals surface area contributed by atoms with Crippen LogP contribution in [0.25, 0.3) is 6.08 Å². The van der Waals surface area contributed by atoms with Gasteiger partial charge in [-0.2, -0.15) is 0 Å². The van der Waals surface area contributed by atoms with Crippen molar-refractivity contribution in [2.24, 2.45) is 0 Å². The standard InChI is InChI=1S/C16H15NO7/c1-2-22-15-9-11(7-8-17(20)21)3-5-13(15)23-10-12-4-6-14(24-12)16(18)19/h3-9H,2,10H2,1H3,(H,18,19)/b8-7+. The van der Waals surface area contributed by atoms with Crippen LogP contribution in [0.1, 0.15) is 28.8 Å². The molecule has 2 aromatic rings. The molecule has 0 radical (unpaired) electrons. The molecule has 126 valence electrons. The van der Waals surface area contributed by atoms with E-state index in [1.165, 1.54) is 18.2 Å². The molecule has 0 aliphatic carbocycles. The van der Waals surface area contributed by atoms with Crippen molar-refractivity contribution >= 4 is 12.0 Å². The molecular weight excluding hydrogens is 318 g/mol. The second-order valence-electron chi connectivity index (χ2n) is 4.60. The molecule has 24 heavy (non-hydrogen) atoms. The molecule has 0 fully saturated rings. The third-order valence-electron chi connectivity index (χ3n) is 2.90. The summed E-state index contributed by atoms with van der Waals surface area (Å²) in [6, 6.07) is 7.73. The molecule has 0 saturated heterocycles. The topological polar surface area (TPSA) is 112 Å². The molecule has 2 rings (SSSR count). The molecule has 0 saturated carbocycles. The molecule has 0 bridgehead atoms. The molecular formula is C16H15NO7. The van der Waals surface area contributed by atoms with Crippen LogP contribution in [0.4, 0.5) is 0 Å². The van der Waals surface area contributed by atoms with Gasteiger partial charge in [-0.25, -0.2) is 4.79 Å². The number of benzene rings is 1. The van der Waals surface area contributed by atoms with Crippen molar-refractivity contribution < 1.29 is 28.7 Å². The number of furan rings is 1. The van der Waals surface area contributed by atoms with E-state index in [0.717, 1.165) is 6.20 Å². The van der Waals surface area contributed by atoms with Crippen molar-refractivity contribution in [1.82, 2.24) is 0 Å². The van der Waals surface area contributed by atoms with E-state index in [0.29, 0.717) is 29.4 Å². The van der Waals surface area contributed by atoms with Crippen LogP contribution in [-0.2, 0) is 6.61 Å². The first kappa shape index (κ1) is 17.1. The van der Waals surface area contributed by atoms with Gasteiger partial charge in [-0.3, -0.25) is 10.1 Å². The Hall–Kier alpha value is -3.29. The van der Waals surface area contributed by atoms with E-state index in [1.54, 1.807) is 25.1 Å². The molecule has 1 N–H and O–H groups in total. The zero-order chi connectivity index (χ0) is 17.5. The highest BCUT2D eigenvalue weighted by atomic mass is 16.6. The number of hydrogen-bond acceptors (Lipinski definition) is 6. The summed E-state index contributed by atoms with van der Waals surface area (Å²) >= 11 is 0. The largest absolute Gasteiger partial charge is 0.490 e. The molecule has 1 heterocycles. The van der Waals surface area contributed by atoms with Gasteiger partial charge in [-0.05, 0) is 36.8 Å². The number of carboxylic acids is 1. The van der Waals surface area contributed by atoms with Crippen LogP contribution in [0.5, 0.6) is 11.5 Å². The Morgan fingerprint density at radius 2 is 2.08 bits per heavy atom. The van der Waals surface area contributed by atoms with Crippen molar-refractivity contribution in [3.05, 3.63) is 63.7 Å². The molecule has 0 spiro atoms. The quantitative estimate of drug-likeness (QED) is 0.583. The molecule has 1 aromatic heterocycles. The van der Waals surface area contributed by atoms with Crippen molar-refractivity contribution in [1.29, 1.82) is 0 Å². The Balaban J connectivity index is 2.12. The molecule has 8 nitrogen and oxygen atoms in total. The highest BCUT2D eigenvalue weighted by Crippen LogP contribution is 2.30. The normalized spacial score (nSPS) is 10.7. The van der Waals surface area contributed by atoms with Crippen LogP contribution in [-0.4, -0.2) is 22.6 Å². The van der Waals surface area contributed by atoms with Gasteiger partial charge in [0.25, 0.3) is 0 Å². The number of carboxylic acid groups (broad SMARTS) is 1. The van der Waals surface area contributed by atoms with E-state index in [-0.39, 0.29) is 12.4 Å². The summed E-state index contributed by atoms with van der Waals surface area (Å²) in [4.78, 5) is 20.6. The first-order chi connectivity index (χ1) is 11.5. The van der Waals surface area contributed by atoms with Crippen molar-refractivity contribution in [3.8, 4) is 11.5 Å². The Kier molecular flexibility index (Phi) is 5.56. The van der Waals surface area contributed by atoms with Crippen molar-refractivity contribution in [3.63, 3.8) is 0 Å². The highest BCUT2D eigenvalue weighted by Gasteiger charge is 2.11. The number of carbonyl (C=O) groups is 1. The number of hydrogen-bond donors (Lipinski definition) is 1. The molecule has 0 amide bonds. The van der Waals surface area contributed by atoms with Crippen molar-refractivity contribution in [2.75, 3.05) is 6.61 Å². The van der Waals surface area contributed by atoms with E-state index >= 15 is 0 Å². The van der Waals surface area contributed by atoms with Gasteiger partial charge < -0.3 is 19.0 Å². The monoisotopic (exact) mass is 333 g/mol. The van der Waals surface area contributed by atoms with Gasteiger partial charge in [-0.15, -0.1) is 0 Å². The lowest BCUT2D eigenvalue weighted by atomic mass is 10.2. The predicted octanol–water partition coefficient (Wildman–Crippen LogP) is 3.20. The molecule has 1 aromatic carbocycles. The van der Waals surface area contributed by atoms with Gasteiger partial charge in [0.2, 0.25) is 12.0 Å². The minimum absolute atomic E-state index is 0.0252. The molecule has 0 atom stereocenters. The minimum atomic E-state index is -1.15. The zero-order valence-corrected chi connectivity index (χ0v) is 12.8. The van der Waals surface area contributed by atoms with E-state index in [2.05, 4.69) is 0 Å². The van der Waals surface area contributed by atoms with Gasteiger partial charge in [0.15, 0.2) is 11.5 Å². The summed E-state index contributed by atoms with van der Waals surface area (Å²) in [7, 11) is 0. The van der Waals surface area contributed by atoms with Crippen LogP contribution in [0.3, 0.4) is 0 Å². The molecule has 0 aliphatic heterocycles. The van der Waals surface area contributed by atoms with Crippen LogP contribution in [0, 0.1) is 10.1 Å². The first-order valence-electron chi connectivity index (χ1n) is 7.03. The molecule has 0 aliphatic rings. The fraction of sp³-hybridized carbons (Fsp3) is 0.188. The van der Waals surface area contributed by atoms with Crippen LogP contribution >= 0.6 is 0 Å². The maximum atomic E-state index is 10.8. The summed E-state index contributed by atoms with van der Waals surface area (Å²) in [5, 5.41) is 19.2. The number of ether oxygens (including phenoxy) is 2. The Labute approximate surface area is 137 Å². The fourth-order valence-corrected chi connectivity index (χ4v) is 1.88. The Morgan fingerprint density at radius 1 is 1.29 bits per heavy atom. The summed E-state index contributed by atoms with van der Waals surface area (Å²) in [6.07, 6.45) is 2.18. The van der Waals surface area contributed by atoms with Crippen molar-refractivity contribution in [2.45, 2.75) is 13.5 Å².